The Morgan fingerprint density at radius 2 is 1.75 bits per heavy atom. The number of benzene rings is 1. The minimum absolute atomic E-state index is 0.293. The van der Waals surface area contributed by atoms with Crippen molar-refractivity contribution in [1.29, 1.82) is 0 Å². The number of hydrogen-bond donors (Lipinski definition) is 0. The predicted octanol–water partition coefficient (Wildman–Crippen LogP) is 2.80. The molecule has 0 bridgehead atoms. The largest absolute Gasteiger partial charge is 0.267 e. The molecule has 0 radical (unpaired) electrons. The van der Waals surface area contributed by atoms with Gasteiger partial charge in [-0.25, -0.2) is 12.4 Å². The average Bonchev–Trinajstić information content (AvgIpc) is 2.66. The molecule has 0 atom stereocenters. The lowest BCUT2D eigenvalue weighted by Gasteiger charge is -2.05. The van der Waals surface area contributed by atoms with Crippen LogP contribution in [0.15, 0.2) is 52.1 Å². The van der Waals surface area contributed by atoms with Crippen molar-refractivity contribution in [2.75, 3.05) is 0 Å². The van der Waals surface area contributed by atoms with Gasteiger partial charge in [-0.2, -0.15) is 0 Å². The van der Waals surface area contributed by atoms with E-state index in [-0.39, 0.29) is 0 Å². The monoisotopic (exact) mass is 299 g/mol. The molecule has 0 aliphatic heterocycles. The van der Waals surface area contributed by atoms with Crippen LogP contribution in [0.3, 0.4) is 0 Å². The molecule has 0 amide bonds. The van der Waals surface area contributed by atoms with Gasteiger partial charge in [-0.15, -0.1) is 0 Å². The first-order valence-electron chi connectivity index (χ1n) is 4.66. The van der Waals surface area contributed by atoms with Crippen LogP contribution in [0.4, 0.5) is 0 Å². The molecular weight excluding hydrogens is 290 g/mol. The Balaban J connectivity index is 2.51. The first kappa shape index (κ1) is 11.4. The molecule has 5 heteroatoms. The van der Waals surface area contributed by atoms with Crippen LogP contribution in [0.2, 0.25) is 0 Å². The lowest BCUT2D eigenvalue weighted by molar-refractivity contribution is 0.587. The Morgan fingerprint density at radius 1 is 1.12 bits per heavy atom. The van der Waals surface area contributed by atoms with Crippen LogP contribution < -0.4 is 0 Å². The van der Waals surface area contributed by atoms with Crippen molar-refractivity contribution in [3.63, 3.8) is 0 Å². The molecule has 2 aromatic rings. The van der Waals surface area contributed by atoms with Crippen molar-refractivity contribution in [3.8, 4) is 0 Å². The summed E-state index contributed by atoms with van der Waals surface area (Å²) in [5.74, 6) is 0. The molecule has 2 rings (SSSR count). The van der Waals surface area contributed by atoms with Gasteiger partial charge in [0, 0.05) is 16.9 Å². The summed E-state index contributed by atoms with van der Waals surface area (Å²) in [6.07, 6.45) is 3.04. The highest BCUT2D eigenvalue weighted by molar-refractivity contribution is 9.10. The van der Waals surface area contributed by atoms with E-state index in [9.17, 15) is 8.42 Å². The first-order valence-corrected chi connectivity index (χ1v) is 6.89. The second kappa shape index (κ2) is 4.07. The Morgan fingerprint density at radius 3 is 2.25 bits per heavy atom. The highest BCUT2D eigenvalue weighted by atomic mass is 79.9. The van der Waals surface area contributed by atoms with E-state index in [2.05, 4.69) is 15.9 Å². The zero-order valence-electron chi connectivity index (χ0n) is 8.59. The van der Waals surface area contributed by atoms with Crippen LogP contribution >= 0.6 is 15.9 Å². The molecule has 16 heavy (non-hydrogen) atoms. The summed E-state index contributed by atoms with van der Waals surface area (Å²) < 4.78 is 26.1. The molecule has 1 aromatic carbocycles. The van der Waals surface area contributed by atoms with Gasteiger partial charge in [0.05, 0.1) is 4.90 Å². The molecule has 84 valence electrons. The molecule has 0 aliphatic carbocycles. The fourth-order valence-corrected chi connectivity index (χ4v) is 3.00. The molecule has 0 saturated heterocycles. The van der Waals surface area contributed by atoms with Crippen molar-refractivity contribution in [3.05, 3.63) is 52.8 Å². The highest BCUT2D eigenvalue weighted by Gasteiger charge is 2.15. The first-order chi connectivity index (χ1) is 7.50. The Kier molecular flexibility index (Phi) is 2.90. The molecule has 0 fully saturated rings. The van der Waals surface area contributed by atoms with E-state index >= 15 is 0 Å². The van der Waals surface area contributed by atoms with E-state index in [0.29, 0.717) is 4.90 Å². The summed E-state index contributed by atoms with van der Waals surface area (Å²) in [5.41, 5.74) is 1.03. The van der Waals surface area contributed by atoms with Gasteiger partial charge in [0.25, 0.3) is 10.0 Å². The summed E-state index contributed by atoms with van der Waals surface area (Å²) >= 11 is 3.22. The fourth-order valence-electron chi connectivity index (χ4n) is 1.33. The maximum Gasteiger partial charge on any atom is 0.267 e. The lowest BCUT2D eigenvalue weighted by atomic mass is 10.2. The van der Waals surface area contributed by atoms with Gasteiger partial charge in [-0.3, -0.25) is 0 Å². The molecule has 1 heterocycles. The SMILES string of the molecule is Cc1ccc(S(=O)(=O)n2ccc(Br)c2)cc1. The van der Waals surface area contributed by atoms with Crippen molar-refractivity contribution < 1.29 is 8.42 Å². The van der Waals surface area contributed by atoms with E-state index in [0.717, 1.165) is 10.0 Å². The van der Waals surface area contributed by atoms with Crippen LogP contribution in [-0.2, 0) is 10.0 Å². The summed E-state index contributed by atoms with van der Waals surface area (Å²) in [6.45, 7) is 1.92. The van der Waals surface area contributed by atoms with E-state index in [4.69, 9.17) is 0 Å². The fraction of sp³-hybridized carbons (Fsp3) is 0.0909. The third-order valence-electron chi connectivity index (χ3n) is 2.23. The second-order valence-corrected chi connectivity index (χ2v) is 6.24. The smallest absolute Gasteiger partial charge is 0.248 e. The maximum atomic E-state index is 12.1. The van der Waals surface area contributed by atoms with Gasteiger partial charge in [0.1, 0.15) is 0 Å². The highest BCUT2D eigenvalue weighted by Crippen LogP contribution is 2.17. The number of halogens is 1. The van der Waals surface area contributed by atoms with Crippen LogP contribution in [0.5, 0.6) is 0 Å². The summed E-state index contributed by atoms with van der Waals surface area (Å²) in [4.78, 5) is 0.293. The van der Waals surface area contributed by atoms with Gasteiger partial charge in [0.15, 0.2) is 0 Å². The Labute approximate surface area is 103 Å². The average molecular weight is 300 g/mol. The normalized spacial score (nSPS) is 11.6. The number of hydrogen-bond acceptors (Lipinski definition) is 2. The number of aromatic nitrogens is 1. The molecule has 0 unspecified atom stereocenters. The van der Waals surface area contributed by atoms with Gasteiger partial charge in [-0.05, 0) is 41.1 Å². The molecular formula is C11H10BrNO2S. The van der Waals surface area contributed by atoms with Crippen molar-refractivity contribution in [2.45, 2.75) is 11.8 Å². The van der Waals surface area contributed by atoms with Crippen molar-refractivity contribution >= 4 is 26.0 Å². The molecule has 3 nitrogen and oxygen atoms in total. The van der Waals surface area contributed by atoms with Crippen LogP contribution in [-0.4, -0.2) is 12.4 Å². The third-order valence-corrected chi connectivity index (χ3v) is 4.35. The minimum Gasteiger partial charge on any atom is -0.248 e. The van der Waals surface area contributed by atoms with E-state index < -0.39 is 10.0 Å². The van der Waals surface area contributed by atoms with Crippen molar-refractivity contribution in [1.82, 2.24) is 3.97 Å². The van der Waals surface area contributed by atoms with Gasteiger partial charge >= 0.3 is 0 Å². The molecule has 0 spiro atoms. The maximum absolute atomic E-state index is 12.1. The topological polar surface area (TPSA) is 39.1 Å². The van der Waals surface area contributed by atoms with Crippen molar-refractivity contribution in [2.24, 2.45) is 0 Å². The molecule has 0 saturated carbocycles. The second-order valence-electron chi connectivity index (χ2n) is 3.48. The Hall–Kier alpha value is -1.07. The van der Waals surface area contributed by atoms with Gasteiger partial charge < -0.3 is 0 Å². The van der Waals surface area contributed by atoms with Crippen LogP contribution in [0, 0.1) is 6.92 Å². The number of nitrogens with zero attached hydrogens (tertiary/aromatic N) is 1. The lowest BCUT2D eigenvalue weighted by Crippen LogP contribution is -2.10. The summed E-state index contributed by atoms with van der Waals surface area (Å²) in [7, 11) is -3.45. The quantitative estimate of drug-likeness (QED) is 0.855. The number of aryl methyl sites for hydroxylation is 1. The Bertz CT molecular complexity index is 599. The van der Waals surface area contributed by atoms with Crippen LogP contribution in [0.25, 0.3) is 0 Å². The van der Waals surface area contributed by atoms with E-state index in [1.54, 1.807) is 30.3 Å². The summed E-state index contributed by atoms with van der Waals surface area (Å²) in [5, 5.41) is 0. The predicted molar refractivity (Wildman–Crippen MR) is 65.9 cm³/mol. The van der Waals surface area contributed by atoms with Gasteiger partial charge in [0.2, 0.25) is 0 Å². The van der Waals surface area contributed by atoms with E-state index in [1.165, 1.54) is 16.4 Å². The zero-order chi connectivity index (χ0) is 11.8. The molecule has 0 N–H and O–H groups in total. The standard InChI is InChI=1S/C11H10BrNO2S/c1-9-2-4-11(5-3-9)16(14,15)13-7-6-10(12)8-13/h2-8H,1H3. The van der Waals surface area contributed by atoms with Gasteiger partial charge in [-0.1, -0.05) is 17.7 Å². The minimum atomic E-state index is -3.45. The number of rotatable bonds is 2. The zero-order valence-corrected chi connectivity index (χ0v) is 11.0. The summed E-state index contributed by atoms with van der Waals surface area (Å²) in [6, 6.07) is 8.47. The molecule has 0 aliphatic rings. The van der Waals surface area contributed by atoms with Crippen LogP contribution in [0.1, 0.15) is 5.56 Å². The molecule has 1 aromatic heterocycles. The van der Waals surface area contributed by atoms with E-state index in [1.807, 2.05) is 6.92 Å². The third kappa shape index (κ3) is 2.05.